The molecule has 2 rings (SSSR count). The topological polar surface area (TPSA) is 3.24 Å². The predicted octanol–water partition coefficient (Wildman–Crippen LogP) is 3.07. The van der Waals surface area contributed by atoms with Gasteiger partial charge in [-0.3, -0.25) is 0 Å². The molecule has 1 unspecified atom stereocenters. The van der Waals surface area contributed by atoms with Gasteiger partial charge in [-0.25, -0.2) is 4.39 Å². The minimum atomic E-state index is -0.338. The van der Waals surface area contributed by atoms with Crippen LogP contribution in [0, 0.1) is 5.82 Å². The molecule has 15 heavy (non-hydrogen) atoms. The molecule has 1 aromatic carbocycles. The van der Waals surface area contributed by atoms with E-state index in [1.54, 1.807) is 6.07 Å². The largest absolute Gasteiger partial charge is 0.305 e. The first-order valence-electron chi connectivity index (χ1n) is 5.15. The van der Waals surface area contributed by atoms with Gasteiger partial charge in [-0.2, -0.15) is 0 Å². The molecule has 1 nitrogen and oxygen atoms in total. The van der Waals surface area contributed by atoms with Crippen molar-refractivity contribution in [2.24, 2.45) is 0 Å². The molecule has 1 aliphatic rings. The lowest BCUT2D eigenvalue weighted by Crippen LogP contribution is -2.26. The number of likely N-dealkylation sites (N-methyl/N-ethyl adjacent to an activating group) is 1. The fourth-order valence-electron chi connectivity index (χ4n) is 2.30. The third kappa shape index (κ3) is 2.01. The second-order valence-electron chi connectivity index (χ2n) is 4.68. The summed E-state index contributed by atoms with van der Waals surface area (Å²) < 4.78 is 13.0. The molecule has 0 bridgehead atoms. The Kier molecular flexibility index (Phi) is 2.73. The molecule has 1 atom stereocenters. The highest BCUT2D eigenvalue weighted by Crippen LogP contribution is 2.34. The molecule has 82 valence electrons. The summed E-state index contributed by atoms with van der Waals surface area (Å²) in [6.45, 7) is 4.31. The summed E-state index contributed by atoms with van der Waals surface area (Å²) in [5.74, 6) is -0.338. The van der Waals surface area contributed by atoms with Crippen molar-refractivity contribution in [1.29, 1.82) is 0 Å². The number of nitrogens with zero attached hydrogens (tertiary/aromatic N) is 1. The molecule has 1 saturated heterocycles. The van der Waals surface area contributed by atoms with E-state index in [1.807, 2.05) is 6.07 Å². The van der Waals surface area contributed by atoms with Crippen molar-refractivity contribution < 1.29 is 4.39 Å². The summed E-state index contributed by atoms with van der Waals surface area (Å²) in [5.41, 5.74) is 1.25. The summed E-state index contributed by atoms with van der Waals surface area (Å²) in [5, 5.41) is 0.225. The minimum absolute atomic E-state index is 0.117. The van der Waals surface area contributed by atoms with Crippen molar-refractivity contribution in [2.45, 2.75) is 18.8 Å². The third-order valence-corrected chi connectivity index (χ3v) is 3.57. The van der Waals surface area contributed by atoms with E-state index in [-0.39, 0.29) is 16.3 Å². The molecule has 0 aromatic heterocycles. The average Bonchev–Trinajstić information content (AvgIpc) is 2.52. The first-order chi connectivity index (χ1) is 7.01. The number of likely N-dealkylation sites (tertiary alicyclic amines) is 1. The minimum Gasteiger partial charge on any atom is -0.305 e. The van der Waals surface area contributed by atoms with Gasteiger partial charge in [0.05, 0.1) is 5.02 Å². The predicted molar refractivity (Wildman–Crippen MR) is 60.9 cm³/mol. The Morgan fingerprint density at radius 3 is 2.73 bits per heavy atom. The van der Waals surface area contributed by atoms with Crippen molar-refractivity contribution in [1.82, 2.24) is 4.90 Å². The van der Waals surface area contributed by atoms with Gasteiger partial charge in [0.2, 0.25) is 0 Å². The molecular formula is C12H15ClFN. The van der Waals surface area contributed by atoms with Crippen LogP contribution in [-0.2, 0) is 5.41 Å². The van der Waals surface area contributed by atoms with Gasteiger partial charge in [0.25, 0.3) is 0 Å². The first-order valence-corrected chi connectivity index (χ1v) is 5.53. The van der Waals surface area contributed by atoms with Crippen LogP contribution in [-0.4, -0.2) is 25.0 Å². The Morgan fingerprint density at radius 2 is 2.20 bits per heavy atom. The fourth-order valence-corrected chi connectivity index (χ4v) is 2.48. The Labute approximate surface area is 94.8 Å². The van der Waals surface area contributed by atoms with Gasteiger partial charge in [0.15, 0.2) is 0 Å². The van der Waals surface area contributed by atoms with E-state index in [2.05, 4.69) is 18.9 Å². The van der Waals surface area contributed by atoms with Gasteiger partial charge >= 0.3 is 0 Å². The maximum Gasteiger partial charge on any atom is 0.141 e. The van der Waals surface area contributed by atoms with E-state index in [0.29, 0.717) is 0 Å². The smallest absolute Gasteiger partial charge is 0.141 e. The zero-order chi connectivity index (χ0) is 11.1. The van der Waals surface area contributed by atoms with Crippen molar-refractivity contribution >= 4 is 11.6 Å². The molecule has 0 amide bonds. The molecule has 3 heteroatoms. The first kappa shape index (κ1) is 10.9. The van der Waals surface area contributed by atoms with Gasteiger partial charge in [-0.15, -0.1) is 0 Å². The normalized spacial score (nSPS) is 27.2. The number of benzene rings is 1. The summed E-state index contributed by atoms with van der Waals surface area (Å²) in [6, 6.07) is 5.07. The lowest BCUT2D eigenvalue weighted by Gasteiger charge is -2.24. The molecule has 1 aliphatic heterocycles. The molecule has 0 saturated carbocycles. The average molecular weight is 228 g/mol. The molecule has 1 aromatic rings. The molecule has 1 heterocycles. The van der Waals surface area contributed by atoms with Gasteiger partial charge in [0.1, 0.15) is 5.82 Å². The molecule has 0 N–H and O–H groups in total. The van der Waals surface area contributed by atoms with Gasteiger partial charge in [-0.1, -0.05) is 24.6 Å². The van der Waals surface area contributed by atoms with Crippen LogP contribution in [0.15, 0.2) is 18.2 Å². The van der Waals surface area contributed by atoms with E-state index in [4.69, 9.17) is 11.6 Å². The van der Waals surface area contributed by atoms with Gasteiger partial charge in [0, 0.05) is 12.0 Å². The summed E-state index contributed by atoms with van der Waals surface area (Å²) in [7, 11) is 2.11. The van der Waals surface area contributed by atoms with E-state index in [1.165, 1.54) is 6.07 Å². The second-order valence-corrected chi connectivity index (χ2v) is 5.08. The van der Waals surface area contributed by atoms with Gasteiger partial charge < -0.3 is 4.90 Å². The van der Waals surface area contributed by atoms with Crippen LogP contribution in [0.2, 0.25) is 5.02 Å². The number of rotatable bonds is 1. The lowest BCUT2D eigenvalue weighted by atomic mass is 9.82. The summed E-state index contributed by atoms with van der Waals surface area (Å²) in [6.07, 6.45) is 1.10. The SMILES string of the molecule is CN1CCC(C)(c2ccc(F)c(Cl)c2)C1. The highest BCUT2D eigenvalue weighted by Gasteiger charge is 2.33. The van der Waals surface area contributed by atoms with E-state index >= 15 is 0 Å². The number of hydrogen-bond donors (Lipinski definition) is 0. The van der Waals surface area contributed by atoms with Crippen LogP contribution in [0.3, 0.4) is 0 Å². The number of hydrogen-bond acceptors (Lipinski definition) is 1. The van der Waals surface area contributed by atoms with Crippen LogP contribution in [0.1, 0.15) is 18.9 Å². The molecule has 0 spiro atoms. The van der Waals surface area contributed by atoms with Crippen LogP contribution in [0.25, 0.3) is 0 Å². The maximum atomic E-state index is 13.0. The monoisotopic (exact) mass is 227 g/mol. The van der Waals surface area contributed by atoms with Crippen molar-refractivity contribution in [2.75, 3.05) is 20.1 Å². The Hall–Kier alpha value is -0.600. The van der Waals surface area contributed by atoms with Crippen molar-refractivity contribution in [3.8, 4) is 0 Å². The summed E-state index contributed by atoms with van der Waals surface area (Å²) in [4.78, 5) is 2.29. The Bertz CT molecular complexity index is 380. The van der Waals surface area contributed by atoms with Crippen molar-refractivity contribution in [3.05, 3.63) is 34.6 Å². The van der Waals surface area contributed by atoms with Crippen LogP contribution in [0.4, 0.5) is 4.39 Å². The molecule has 0 aliphatic carbocycles. The fraction of sp³-hybridized carbons (Fsp3) is 0.500. The zero-order valence-corrected chi connectivity index (χ0v) is 9.81. The quantitative estimate of drug-likeness (QED) is 0.713. The van der Waals surface area contributed by atoms with E-state index in [9.17, 15) is 4.39 Å². The van der Waals surface area contributed by atoms with Crippen LogP contribution >= 0.6 is 11.6 Å². The summed E-state index contributed by atoms with van der Waals surface area (Å²) >= 11 is 5.80. The third-order valence-electron chi connectivity index (χ3n) is 3.28. The Morgan fingerprint density at radius 1 is 1.47 bits per heavy atom. The standard InChI is InChI=1S/C12H15ClFN/c1-12(5-6-15(2)8-12)9-3-4-11(14)10(13)7-9/h3-4,7H,5-6,8H2,1-2H3. The second kappa shape index (κ2) is 3.76. The van der Waals surface area contributed by atoms with Gasteiger partial charge in [-0.05, 0) is 37.7 Å². The zero-order valence-electron chi connectivity index (χ0n) is 9.06. The highest BCUT2D eigenvalue weighted by atomic mass is 35.5. The van der Waals surface area contributed by atoms with E-state index < -0.39 is 0 Å². The highest BCUT2D eigenvalue weighted by molar-refractivity contribution is 6.30. The molecule has 1 fully saturated rings. The number of halogens is 2. The van der Waals surface area contributed by atoms with Crippen LogP contribution in [0.5, 0.6) is 0 Å². The lowest BCUT2D eigenvalue weighted by molar-refractivity contribution is 0.381. The maximum absolute atomic E-state index is 13.0. The molecule has 0 radical (unpaired) electrons. The Balaban J connectivity index is 2.33. The van der Waals surface area contributed by atoms with Crippen LogP contribution < -0.4 is 0 Å². The van der Waals surface area contributed by atoms with E-state index in [0.717, 1.165) is 25.1 Å². The molecular weight excluding hydrogens is 213 g/mol. The van der Waals surface area contributed by atoms with Crippen molar-refractivity contribution in [3.63, 3.8) is 0 Å².